The third kappa shape index (κ3) is 4.61. The molecule has 0 amide bonds. The average Bonchev–Trinajstić information content (AvgIpc) is 3.22. The summed E-state index contributed by atoms with van der Waals surface area (Å²) in [5, 5.41) is 24.9. The molecule has 0 unspecified atom stereocenters. The number of carboxylic acid groups (broad SMARTS) is 1. The molecule has 0 aliphatic heterocycles. The van der Waals surface area contributed by atoms with Gasteiger partial charge in [-0.2, -0.15) is 0 Å². The molecule has 9 nitrogen and oxygen atoms in total. The van der Waals surface area contributed by atoms with Crippen LogP contribution in [0.1, 0.15) is 43.0 Å². The topological polar surface area (TPSA) is 127 Å². The predicted molar refractivity (Wildman–Crippen MR) is 122 cm³/mol. The maximum Gasteiger partial charge on any atom is 0.326 e. The summed E-state index contributed by atoms with van der Waals surface area (Å²) in [6, 6.07) is 6.92. The first-order valence-electron chi connectivity index (χ1n) is 10.1. The van der Waals surface area contributed by atoms with Crippen LogP contribution in [0.2, 0.25) is 5.02 Å². The van der Waals surface area contributed by atoms with Gasteiger partial charge >= 0.3 is 11.0 Å². The number of hydrogen-bond acceptors (Lipinski definition) is 8. The summed E-state index contributed by atoms with van der Waals surface area (Å²) in [7, 11) is 1.55. The van der Waals surface area contributed by atoms with E-state index in [2.05, 4.69) is 10.3 Å². The lowest BCUT2D eigenvalue weighted by molar-refractivity contribution is -0.380. The van der Waals surface area contributed by atoms with E-state index in [1.54, 1.807) is 19.2 Å². The molecule has 0 spiro atoms. The summed E-state index contributed by atoms with van der Waals surface area (Å²) in [6.07, 6.45) is 2.48. The number of anilines is 1. The van der Waals surface area contributed by atoms with Crippen molar-refractivity contribution < 1.29 is 19.6 Å². The molecule has 0 atom stereocenters. The number of aromatic nitrogens is 2. The van der Waals surface area contributed by atoms with Gasteiger partial charge in [-0.15, -0.1) is 0 Å². The lowest BCUT2D eigenvalue weighted by Crippen LogP contribution is -2.21. The molecule has 3 aromatic rings. The number of nitrogens with zero attached hydrogens (tertiary/aromatic N) is 3. The standard InChI is InChI=1S/C21H21ClN4O5S/c1-31-16-7-2-11(8-15(16)22)10-23-19-14-9-17(26(29)30)32-20(14)25-18(24-19)12-3-5-13(6-4-12)21(27)28/h2,7-9,12-13H,3-6,10H2,1H3,(H,27,28)(H,23,24,25). The minimum absolute atomic E-state index is 0.00317. The predicted octanol–water partition coefficient (Wildman–Crippen LogP) is 5.23. The number of fused-ring (bicyclic) bond motifs is 1. The molecule has 1 saturated carbocycles. The van der Waals surface area contributed by atoms with E-state index in [9.17, 15) is 20.0 Å². The first kappa shape index (κ1) is 22.2. The van der Waals surface area contributed by atoms with Crippen molar-refractivity contribution in [2.24, 2.45) is 5.92 Å². The van der Waals surface area contributed by atoms with E-state index in [4.69, 9.17) is 21.3 Å². The molecular weight excluding hydrogens is 456 g/mol. The zero-order chi connectivity index (χ0) is 22.8. The summed E-state index contributed by atoms with van der Waals surface area (Å²) in [5.74, 6) is 0.596. The van der Waals surface area contributed by atoms with Gasteiger partial charge in [-0.05, 0) is 54.7 Å². The van der Waals surface area contributed by atoms with Crippen molar-refractivity contribution in [3.05, 3.63) is 50.8 Å². The van der Waals surface area contributed by atoms with Crippen molar-refractivity contribution in [1.29, 1.82) is 0 Å². The fraction of sp³-hybridized carbons (Fsp3) is 0.381. The van der Waals surface area contributed by atoms with Crippen LogP contribution in [0.4, 0.5) is 10.8 Å². The molecule has 0 saturated heterocycles. The van der Waals surface area contributed by atoms with Crippen molar-refractivity contribution in [1.82, 2.24) is 9.97 Å². The SMILES string of the molecule is COc1ccc(CNc2nc(C3CCC(C(=O)O)CC3)nc3sc([N+](=O)[O-])cc23)cc1Cl. The van der Waals surface area contributed by atoms with Crippen molar-refractivity contribution in [2.45, 2.75) is 38.1 Å². The molecule has 1 aromatic carbocycles. The summed E-state index contributed by atoms with van der Waals surface area (Å²) in [4.78, 5) is 32.0. The van der Waals surface area contributed by atoms with Gasteiger partial charge in [-0.3, -0.25) is 14.9 Å². The minimum atomic E-state index is -0.769. The Kier molecular flexibility index (Phi) is 6.43. The van der Waals surface area contributed by atoms with Crippen molar-refractivity contribution in [3.8, 4) is 5.75 Å². The highest BCUT2D eigenvalue weighted by Gasteiger charge is 2.29. The summed E-state index contributed by atoms with van der Waals surface area (Å²) >= 11 is 7.22. The molecule has 2 heterocycles. The lowest BCUT2D eigenvalue weighted by Gasteiger charge is -2.25. The number of benzene rings is 1. The highest BCUT2D eigenvalue weighted by molar-refractivity contribution is 7.21. The van der Waals surface area contributed by atoms with E-state index < -0.39 is 10.9 Å². The van der Waals surface area contributed by atoms with E-state index in [-0.39, 0.29) is 16.8 Å². The summed E-state index contributed by atoms with van der Waals surface area (Å²) in [6.45, 7) is 0.407. The number of methoxy groups -OCH3 is 1. The molecule has 11 heteroatoms. The normalized spacial score (nSPS) is 18.4. The summed E-state index contributed by atoms with van der Waals surface area (Å²) in [5.41, 5.74) is 0.899. The van der Waals surface area contributed by atoms with Crippen molar-refractivity contribution in [2.75, 3.05) is 12.4 Å². The Morgan fingerprint density at radius 1 is 1.31 bits per heavy atom. The van der Waals surface area contributed by atoms with Crippen LogP contribution in [-0.4, -0.2) is 33.1 Å². The van der Waals surface area contributed by atoms with Crippen LogP contribution in [0.5, 0.6) is 5.75 Å². The first-order chi connectivity index (χ1) is 15.4. The number of halogens is 1. The highest BCUT2D eigenvalue weighted by atomic mass is 35.5. The van der Waals surface area contributed by atoms with Gasteiger partial charge in [-0.1, -0.05) is 17.7 Å². The van der Waals surface area contributed by atoms with Gasteiger partial charge in [0.15, 0.2) is 0 Å². The molecule has 1 fully saturated rings. The molecule has 168 valence electrons. The second-order valence-corrected chi connectivity index (χ2v) is 9.12. The number of ether oxygens (including phenoxy) is 1. The van der Waals surface area contributed by atoms with Gasteiger partial charge in [0.2, 0.25) is 0 Å². The molecular formula is C21H21ClN4O5S. The zero-order valence-electron chi connectivity index (χ0n) is 17.2. The second kappa shape index (κ2) is 9.25. The molecule has 1 aliphatic rings. The van der Waals surface area contributed by atoms with Gasteiger partial charge in [-0.25, -0.2) is 9.97 Å². The molecule has 0 bridgehead atoms. The maximum absolute atomic E-state index is 11.3. The number of nitrogens with one attached hydrogen (secondary N) is 1. The maximum atomic E-state index is 11.3. The largest absolute Gasteiger partial charge is 0.495 e. The van der Waals surface area contributed by atoms with Crippen LogP contribution >= 0.6 is 22.9 Å². The quantitative estimate of drug-likeness (QED) is 0.350. The fourth-order valence-corrected chi connectivity index (χ4v) is 5.07. The van der Waals surface area contributed by atoms with Crippen LogP contribution in [0.3, 0.4) is 0 Å². The van der Waals surface area contributed by atoms with E-state index in [0.717, 1.165) is 16.9 Å². The number of carboxylic acids is 1. The molecule has 1 aliphatic carbocycles. The van der Waals surface area contributed by atoms with Crippen LogP contribution < -0.4 is 10.1 Å². The van der Waals surface area contributed by atoms with Crippen LogP contribution in [0.15, 0.2) is 24.3 Å². The lowest BCUT2D eigenvalue weighted by atomic mass is 9.81. The number of thiophene rings is 1. The van der Waals surface area contributed by atoms with Gasteiger partial charge in [0.25, 0.3) is 0 Å². The second-order valence-electron chi connectivity index (χ2n) is 7.70. The highest BCUT2D eigenvalue weighted by Crippen LogP contribution is 2.39. The van der Waals surface area contributed by atoms with E-state index >= 15 is 0 Å². The Labute approximate surface area is 192 Å². The van der Waals surface area contributed by atoms with Gasteiger partial charge in [0.05, 0.1) is 28.4 Å². The van der Waals surface area contributed by atoms with E-state index in [1.807, 2.05) is 6.07 Å². The van der Waals surface area contributed by atoms with Gasteiger partial charge < -0.3 is 15.2 Å². The molecule has 32 heavy (non-hydrogen) atoms. The van der Waals surface area contributed by atoms with Gasteiger partial charge in [0.1, 0.15) is 22.2 Å². The van der Waals surface area contributed by atoms with E-state index in [0.29, 0.717) is 64.9 Å². The third-order valence-electron chi connectivity index (χ3n) is 5.69. The van der Waals surface area contributed by atoms with Crippen LogP contribution in [0, 0.1) is 16.0 Å². The molecule has 0 radical (unpaired) electrons. The Bertz CT molecular complexity index is 1180. The molecule has 2 aromatic heterocycles. The zero-order valence-corrected chi connectivity index (χ0v) is 18.8. The van der Waals surface area contributed by atoms with Crippen LogP contribution in [0.25, 0.3) is 10.2 Å². The van der Waals surface area contributed by atoms with Crippen LogP contribution in [-0.2, 0) is 11.3 Å². The smallest absolute Gasteiger partial charge is 0.326 e. The van der Waals surface area contributed by atoms with Crippen molar-refractivity contribution in [3.63, 3.8) is 0 Å². The number of aliphatic carboxylic acids is 1. The number of nitro groups is 1. The number of hydrogen-bond donors (Lipinski definition) is 2. The fourth-order valence-electron chi connectivity index (χ4n) is 3.94. The van der Waals surface area contributed by atoms with Gasteiger partial charge in [0, 0.05) is 18.5 Å². The van der Waals surface area contributed by atoms with E-state index in [1.165, 1.54) is 6.07 Å². The molecule has 4 rings (SSSR count). The Morgan fingerprint density at radius 3 is 2.69 bits per heavy atom. The number of rotatable bonds is 7. The first-order valence-corrected chi connectivity index (χ1v) is 11.3. The third-order valence-corrected chi connectivity index (χ3v) is 6.97. The monoisotopic (exact) mass is 476 g/mol. The average molecular weight is 477 g/mol. The summed E-state index contributed by atoms with van der Waals surface area (Å²) < 4.78 is 5.18. The number of carbonyl (C=O) groups is 1. The molecule has 2 N–H and O–H groups in total. The minimum Gasteiger partial charge on any atom is -0.495 e. The Morgan fingerprint density at radius 2 is 2.06 bits per heavy atom. The van der Waals surface area contributed by atoms with Crippen molar-refractivity contribution >= 4 is 49.9 Å². The Balaban J connectivity index is 1.63. The Hall–Kier alpha value is -2.98.